The number of nitrogens with one attached hydrogen (secondary N) is 1. The minimum atomic E-state index is -1.23. The monoisotopic (exact) mass is 1090 g/mol. The summed E-state index contributed by atoms with van der Waals surface area (Å²) in [4.78, 5) is 55.7. The van der Waals surface area contributed by atoms with Crippen LogP contribution in [0.2, 0.25) is 0 Å². The van der Waals surface area contributed by atoms with Crippen molar-refractivity contribution in [2.24, 2.45) is 9.98 Å². The molecule has 1 amide bonds. The summed E-state index contributed by atoms with van der Waals surface area (Å²) in [6.45, 7) is 11.9. The molecule has 0 aliphatic carbocycles. The molecule has 0 radical (unpaired) electrons. The van der Waals surface area contributed by atoms with Crippen LogP contribution in [0.4, 0.5) is 22.7 Å². The maximum atomic E-state index is 12.1. The van der Waals surface area contributed by atoms with Crippen LogP contribution in [0.5, 0.6) is 11.5 Å². The van der Waals surface area contributed by atoms with Gasteiger partial charge in [0.25, 0.3) is 5.91 Å². The van der Waals surface area contributed by atoms with E-state index >= 15 is 0 Å². The Hall–Kier alpha value is -8.70. The Labute approximate surface area is 468 Å². The van der Waals surface area contributed by atoms with Crippen molar-refractivity contribution >= 4 is 46.0 Å². The number of benzene rings is 4. The van der Waals surface area contributed by atoms with Crippen LogP contribution in [0.3, 0.4) is 0 Å². The number of rotatable bonds is 12. The van der Waals surface area contributed by atoms with Crippen molar-refractivity contribution in [1.82, 2.24) is 30.2 Å². The molecule has 2 aromatic heterocycles. The van der Waals surface area contributed by atoms with Crippen LogP contribution in [-0.2, 0) is 31.9 Å². The maximum absolute atomic E-state index is 12.1. The van der Waals surface area contributed by atoms with E-state index in [2.05, 4.69) is 95.7 Å². The Kier molecular flexibility index (Phi) is 17.6. The number of aromatic nitrogens is 4. The number of morpholine rings is 2. The van der Waals surface area contributed by atoms with Crippen LogP contribution in [0.15, 0.2) is 108 Å². The minimum absolute atomic E-state index is 0.0954. The number of hydrogen-bond acceptors (Lipinski definition) is 19. The predicted molar refractivity (Wildman–Crippen MR) is 302 cm³/mol. The molecule has 6 aliphatic heterocycles. The van der Waals surface area contributed by atoms with Crippen molar-refractivity contribution in [3.8, 4) is 46.2 Å². The lowest BCUT2D eigenvalue weighted by atomic mass is 10.0. The molecule has 0 spiro atoms. The minimum Gasteiger partial charge on any atom is -0.488 e. The summed E-state index contributed by atoms with van der Waals surface area (Å²) in [5.41, 5.74) is 13.5. The van der Waals surface area contributed by atoms with Gasteiger partial charge >= 0.3 is 5.97 Å². The van der Waals surface area contributed by atoms with E-state index in [4.69, 9.17) is 39.1 Å². The molecule has 8 heterocycles. The number of aliphatic imine (C=N–C) groups is 2. The van der Waals surface area contributed by atoms with Crippen LogP contribution < -0.4 is 24.6 Å². The van der Waals surface area contributed by atoms with Gasteiger partial charge in [-0.3, -0.25) is 4.79 Å². The molecule has 21 heteroatoms. The number of aliphatic hydroxyl groups is 2. The van der Waals surface area contributed by atoms with Crippen LogP contribution in [0.25, 0.3) is 22.5 Å². The van der Waals surface area contributed by atoms with Crippen molar-refractivity contribution in [2.45, 2.75) is 63.9 Å². The average Bonchev–Trinajstić information content (AvgIpc) is 4.43. The number of amides is 1. The first-order valence-corrected chi connectivity index (χ1v) is 27.1. The summed E-state index contributed by atoms with van der Waals surface area (Å²) in [5.74, 6) is -0.430. The van der Waals surface area contributed by atoms with Crippen LogP contribution in [-0.4, -0.2) is 167 Å². The standard InChI is InChI=1S/C30H30N6O4.C27H26N6O2.C3H6O3/c1-19(37)30(38)36-9-8-24(17-36)40-27-7-4-21(14-22(27)16-31)28-29-26(32-18-33-28)15-25(34-29)20-2-5-23(6-3-20)35-10-12-39-13-11-35;28-15-20-13-19(3-6-25(20)35-22-7-8-29-16-22)26-27-24(30-17-31-26)14-23(32-27)18-1-4-21(5-2-18)33-9-11-34-12-10-33;1-2(4)3(5)6/h2-7,14,18-19,24,37H,8-13,15,17H2,1H3;1-6,13,17,22,29H,7-12,14,16H2;2,4H,1H3,(H,5,6)/t19-,24+;22-;2-/m010/s1. The smallest absolute Gasteiger partial charge is 0.332 e. The summed E-state index contributed by atoms with van der Waals surface area (Å²) in [5, 5.41) is 48.3. The predicted octanol–water partition coefficient (Wildman–Crippen LogP) is 5.61. The number of aliphatic hydroxyl groups excluding tert-OH is 2. The van der Waals surface area contributed by atoms with Gasteiger partial charge in [0.1, 0.15) is 72.1 Å². The molecule has 6 aliphatic rings. The Morgan fingerprint density at radius 2 is 1.09 bits per heavy atom. The summed E-state index contributed by atoms with van der Waals surface area (Å²) < 4.78 is 23.1. The Bertz CT molecular complexity index is 3400. The molecule has 416 valence electrons. The van der Waals surface area contributed by atoms with E-state index in [1.54, 1.807) is 23.4 Å². The molecule has 6 aromatic rings. The van der Waals surface area contributed by atoms with E-state index in [1.807, 2.05) is 24.3 Å². The van der Waals surface area contributed by atoms with Crippen LogP contribution >= 0.6 is 0 Å². The first kappa shape index (κ1) is 55.6. The lowest BCUT2D eigenvalue weighted by Gasteiger charge is -2.28. The molecule has 4 N–H and O–H groups in total. The average molecular weight is 1100 g/mol. The third kappa shape index (κ3) is 13.2. The van der Waals surface area contributed by atoms with E-state index in [9.17, 15) is 25.2 Å². The van der Waals surface area contributed by atoms with Gasteiger partial charge < -0.3 is 54.3 Å². The number of aliphatic carboxylic acids is 1. The van der Waals surface area contributed by atoms with Crippen molar-refractivity contribution in [3.05, 3.63) is 131 Å². The number of ether oxygens (including phenoxy) is 4. The van der Waals surface area contributed by atoms with Gasteiger partial charge in [0, 0.05) is 81.0 Å². The second-order valence-electron chi connectivity index (χ2n) is 20.2. The lowest BCUT2D eigenvalue weighted by Crippen LogP contribution is -2.37. The third-order valence-electron chi connectivity index (χ3n) is 14.6. The fourth-order valence-electron chi connectivity index (χ4n) is 10.2. The Morgan fingerprint density at radius 3 is 1.51 bits per heavy atom. The number of nitriles is 2. The van der Waals surface area contributed by atoms with E-state index < -0.39 is 18.2 Å². The molecule has 81 heavy (non-hydrogen) atoms. The van der Waals surface area contributed by atoms with Gasteiger partial charge in [-0.15, -0.1) is 0 Å². The molecule has 12 rings (SSSR count). The topological polar surface area (TPSA) is 277 Å². The quantitative estimate of drug-likeness (QED) is 0.116. The van der Waals surface area contributed by atoms with E-state index in [1.165, 1.54) is 31.5 Å². The molecule has 4 saturated heterocycles. The van der Waals surface area contributed by atoms with E-state index in [0.29, 0.717) is 60.7 Å². The van der Waals surface area contributed by atoms with Gasteiger partial charge in [-0.1, -0.05) is 24.3 Å². The van der Waals surface area contributed by atoms with Gasteiger partial charge in [0.05, 0.1) is 78.3 Å². The molecule has 0 unspecified atom stereocenters. The Morgan fingerprint density at radius 1 is 0.630 bits per heavy atom. The highest BCUT2D eigenvalue weighted by atomic mass is 16.5. The van der Waals surface area contributed by atoms with Gasteiger partial charge in [0.15, 0.2) is 0 Å². The zero-order chi connectivity index (χ0) is 56.4. The molecule has 0 bridgehead atoms. The van der Waals surface area contributed by atoms with Crippen LogP contribution in [0, 0.1) is 22.7 Å². The maximum Gasteiger partial charge on any atom is 0.332 e. The van der Waals surface area contributed by atoms with E-state index in [-0.39, 0.29) is 18.1 Å². The second kappa shape index (κ2) is 25.6. The highest BCUT2D eigenvalue weighted by Crippen LogP contribution is 2.40. The largest absolute Gasteiger partial charge is 0.488 e. The van der Waals surface area contributed by atoms with Crippen molar-refractivity contribution in [1.29, 1.82) is 10.5 Å². The van der Waals surface area contributed by atoms with Gasteiger partial charge in [-0.25, -0.2) is 34.7 Å². The number of carboxylic acids is 1. The van der Waals surface area contributed by atoms with Gasteiger partial charge in [-0.2, -0.15) is 10.5 Å². The number of likely N-dealkylation sites (tertiary alicyclic amines) is 1. The molecular formula is C60H62N12O9. The fraction of sp³-hybridized carbons (Fsp3) is 0.367. The number of carbonyl (C=O) groups excluding carboxylic acids is 1. The number of carboxylic acid groups (broad SMARTS) is 1. The molecule has 4 aromatic carbocycles. The van der Waals surface area contributed by atoms with Gasteiger partial charge in [0.2, 0.25) is 0 Å². The number of hydrogen-bond donors (Lipinski definition) is 4. The number of nitrogens with zero attached hydrogens (tertiary/aromatic N) is 11. The second-order valence-corrected chi connectivity index (χ2v) is 20.2. The summed E-state index contributed by atoms with van der Waals surface area (Å²) in [6, 6.07) is 32.6. The lowest BCUT2D eigenvalue weighted by molar-refractivity contribution is -0.145. The first-order valence-electron chi connectivity index (χ1n) is 27.1. The first-order chi connectivity index (χ1) is 39.4. The normalized spacial score (nSPS) is 18.8. The highest BCUT2D eigenvalue weighted by Gasteiger charge is 2.31. The Balaban J connectivity index is 0.000000166. The van der Waals surface area contributed by atoms with Crippen LogP contribution in [0.1, 0.15) is 60.3 Å². The number of carbonyl (C=O) groups is 2. The molecular weight excluding hydrogens is 1030 g/mol. The van der Waals surface area contributed by atoms with Crippen molar-refractivity contribution in [2.75, 3.05) is 88.6 Å². The zero-order valence-electron chi connectivity index (χ0n) is 45.1. The van der Waals surface area contributed by atoms with E-state index in [0.717, 1.165) is 134 Å². The van der Waals surface area contributed by atoms with Crippen molar-refractivity contribution < 1.29 is 43.9 Å². The molecule has 4 fully saturated rings. The number of fused-ring (bicyclic) bond motifs is 2. The fourth-order valence-corrected chi connectivity index (χ4v) is 10.2. The van der Waals surface area contributed by atoms with Crippen molar-refractivity contribution in [3.63, 3.8) is 0 Å². The third-order valence-corrected chi connectivity index (χ3v) is 14.6. The summed E-state index contributed by atoms with van der Waals surface area (Å²) >= 11 is 0. The molecule has 4 atom stereocenters. The molecule has 0 saturated carbocycles. The molecule has 21 nitrogen and oxygen atoms in total. The summed E-state index contributed by atoms with van der Waals surface area (Å²) in [7, 11) is 0. The summed E-state index contributed by atoms with van der Waals surface area (Å²) in [6.07, 6.45) is 3.53. The number of anilines is 2. The van der Waals surface area contributed by atoms with Gasteiger partial charge in [-0.05, 0) is 98.6 Å². The SMILES string of the molecule is C[C@H](O)C(=O)N1CC[C@@H](Oc2ccc(-c3ncnc4c3N=C(c3ccc(N5CCOCC5)cc3)C4)cc2C#N)C1.C[C@H](O)C(=O)O.N#Cc1cc(-c2ncnc3c2N=C(c2ccc(N4CCOCC4)cc2)C3)ccc1O[C@@H]1CCNC1. The zero-order valence-corrected chi connectivity index (χ0v) is 45.1. The highest BCUT2D eigenvalue weighted by molar-refractivity contribution is 6.08.